The smallest absolute Gasteiger partial charge is 0.138 e. The van der Waals surface area contributed by atoms with Gasteiger partial charge in [0.25, 0.3) is 0 Å². The Balaban J connectivity index is 1.10. The van der Waals surface area contributed by atoms with Gasteiger partial charge in [0.15, 0.2) is 0 Å². The number of pyridine rings is 2. The molecule has 0 radical (unpaired) electrons. The standard InChI is InChI=1S/C41H41N6/c1-26-27(2)33-15-21-47(3)20-14-29(9-11-31-25-45-41-35(31)7-5-17-43-41)23-37(47)39(33)38-32(26)13-19-46-18-12-28(22-36(38)46)8-10-30-24-44-40-34(30)6-4-16-42-40/h4-12,14,16-18,20,22,24-25,29,36-37H,13,15,19,21,23H2,1-3H3,(H,42,44)(H,43,45)/q+1/p+1/b10-8+,11-9+. The Morgan fingerprint density at radius 3 is 2.32 bits per heavy atom. The number of fused-ring (bicyclic) bond motifs is 9. The highest BCUT2D eigenvalue weighted by Crippen LogP contribution is 2.49. The molecule has 5 atom stereocenters. The topological polar surface area (TPSA) is 61.8 Å². The number of hydrogen-bond acceptors (Lipinski definition) is 2. The maximum atomic E-state index is 4.49. The van der Waals surface area contributed by atoms with Gasteiger partial charge in [-0.05, 0) is 84.2 Å². The number of rotatable bonds is 4. The molecule has 3 N–H and O–H groups in total. The molecule has 4 aromatic heterocycles. The van der Waals surface area contributed by atoms with E-state index in [4.69, 9.17) is 0 Å². The van der Waals surface area contributed by atoms with Crippen molar-refractivity contribution in [2.45, 2.75) is 45.2 Å². The van der Waals surface area contributed by atoms with Gasteiger partial charge in [-0.25, -0.2) is 9.97 Å². The molecule has 4 aliphatic rings. The van der Waals surface area contributed by atoms with Gasteiger partial charge in [0.2, 0.25) is 0 Å². The molecule has 0 amide bonds. The number of quaternary nitrogens is 2. The van der Waals surface area contributed by atoms with E-state index in [-0.39, 0.29) is 0 Å². The molecule has 234 valence electrons. The number of nitrogens with one attached hydrogen (secondary N) is 3. The van der Waals surface area contributed by atoms with Crippen LogP contribution in [-0.4, -0.2) is 44.6 Å². The lowest BCUT2D eigenvalue weighted by atomic mass is 9.72. The van der Waals surface area contributed by atoms with Gasteiger partial charge in [-0.1, -0.05) is 24.3 Å². The fraction of sp³-hybridized carbons (Fsp3) is 0.268. The summed E-state index contributed by atoms with van der Waals surface area (Å²) in [5.41, 5.74) is 15.1. The van der Waals surface area contributed by atoms with E-state index in [2.05, 4.69) is 120 Å². The summed E-state index contributed by atoms with van der Waals surface area (Å²) in [7, 11) is 2.46. The maximum absolute atomic E-state index is 4.49. The predicted molar refractivity (Wildman–Crippen MR) is 190 cm³/mol. The lowest BCUT2D eigenvalue weighted by Crippen LogP contribution is -3.09. The number of allylic oxidation sites excluding steroid dienone is 5. The number of likely N-dealkylation sites (N-methyl/N-ethyl adjacent to an activating group) is 1. The van der Waals surface area contributed by atoms with Crippen molar-refractivity contribution in [1.29, 1.82) is 0 Å². The summed E-state index contributed by atoms with van der Waals surface area (Å²) in [4.78, 5) is 17.2. The van der Waals surface area contributed by atoms with E-state index in [1.807, 2.05) is 24.5 Å². The molecular formula is C41H42N6+2. The van der Waals surface area contributed by atoms with Crippen LogP contribution in [0.5, 0.6) is 0 Å². The van der Waals surface area contributed by atoms with Crippen LogP contribution >= 0.6 is 0 Å². The van der Waals surface area contributed by atoms with Crippen molar-refractivity contribution in [3.05, 3.63) is 142 Å². The van der Waals surface area contributed by atoms with E-state index in [0.29, 0.717) is 18.0 Å². The van der Waals surface area contributed by atoms with Gasteiger partial charge in [-0.15, -0.1) is 0 Å². The van der Waals surface area contributed by atoms with Crippen LogP contribution in [-0.2, 0) is 12.8 Å². The van der Waals surface area contributed by atoms with Gasteiger partial charge in [0, 0.05) is 83.0 Å². The Morgan fingerprint density at radius 2 is 1.57 bits per heavy atom. The molecule has 47 heavy (non-hydrogen) atoms. The molecule has 0 saturated carbocycles. The van der Waals surface area contributed by atoms with Gasteiger partial charge in [-0.2, -0.15) is 0 Å². The minimum absolute atomic E-state index is 0.325. The molecule has 5 unspecified atom stereocenters. The summed E-state index contributed by atoms with van der Waals surface area (Å²) in [5, 5.41) is 2.34. The molecule has 8 heterocycles. The minimum Gasteiger partial charge on any atom is -0.346 e. The van der Waals surface area contributed by atoms with E-state index in [9.17, 15) is 0 Å². The van der Waals surface area contributed by atoms with Crippen molar-refractivity contribution < 1.29 is 9.38 Å². The zero-order chi connectivity index (χ0) is 31.7. The number of H-pyrrole nitrogens is 2. The van der Waals surface area contributed by atoms with Crippen LogP contribution in [0.3, 0.4) is 0 Å². The molecule has 0 spiro atoms. The van der Waals surface area contributed by atoms with Crippen LogP contribution in [0.15, 0.2) is 97.4 Å². The van der Waals surface area contributed by atoms with Crippen LogP contribution < -0.4 is 4.90 Å². The second-order valence-corrected chi connectivity index (χ2v) is 14.1. The average molecular weight is 619 g/mol. The second kappa shape index (κ2) is 10.9. The molecule has 4 aliphatic heterocycles. The maximum Gasteiger partial charge on any atom is 0.138 e. The highest BCUT2D eigenvalue weighted by molar-refractivity contribution is 5.87. The van der Waals surface area contributed by atoms with Gasteiger partial charge in [0.05, 0.1) is 32.5 Å². The SMILES string of the molecule is Cc1c(C)c2c(c3c1CC[NH+]1C=CC(/C=C/c4c[nH]c5ncccc45)=CC31)C1CC(/C=C/c3c[nH]c4ncccc34)C=C[N+]1(C)CC2. The molecule has 1 aromatic carbocycles. The third-order valence-electron chi connectivity index (χ3n) is 11.6. The first-order valence-corrected chi connectivity index (χ1v) is 17.1. The Labute approximate surface area is 276 Å². The Morgan fingerprint density at radius 1 is 0.872 bits per heavy atom. The monoisotopic (exact) mass is 618 g/mol. The molecule has 0 bridgehead atoms. The fourth-order valence-corrected chi connectivity index (χ4v) is 8.88. The van der Waals surface area contributed by atoms with E-state index >= 15 is 0 Å². The summed E-state index contributed by atoms with van der Waals surface area (Å²) in [6.45, 7) is 7.07. The minimum atomic E-state index is 0.325. The molecule has 6 nitrogen and oxygen atoms in total. The van der Waals surface area contributed by atoms with E-state index in [0.717, 1.165) is 53.5 Å². The van der Waals surface area contributed by atoms with Crippen LogP contribution in [0.4, 0.5) is 0 Å². The Bertz CT molecular complexity index is 2210. The average Bonchev–Trinajstić information content (AvgIpc) is 3.72. The van der Waals surface area contributed by atoms with Gasteiger partial charge in [0.1, 0.15) is 23.4 Å². The largest absolute Gasteiger partial charge is 0.346 e. The quantitative estimate of drug-likeness (QED) is 0.190. The van der Waals surface area contributed by atoms with Gasteiger partial charge < -0.3 is 9.97 Å². The summed E-state index contributed by atoms with van der Waals surface area (Å²) in [6.07, 6.45) is 32.7. The van der Waals surface area contributed by atoms with Crippen LogP contribution in [0.2, 0.25) is 0 Å². The van der Waals surface area contributed by atoms with Crippen molar-refractivity contribution in [3.63, 3.8) is 0 Å². The molecule has 0 saturated heterocycles. The molecule has 6 heteroatoms. The molecule has 0 aliphatic carbocycles. The predicted octanol–water partition coefficient (Wildman–Crippen LogP) is 7.00. The van der Waals surface area contributed by atoms with Crippen molar-refractivity contribution in [3.8, 4) is 0 Å². The van der Waals surface area contributed by atoms with Gasteiger partial charge >= 0.3 is 0 Å². The zero-order valence-corrected chi connectivity index (χ0v) is 27.4. The van der Waals surface area contributed by atoms with Crippen molar-refractivity contribution in [2.75, 3.05) is 20.1 Å². The molecular weight excluding hydrogens is 576 g/mol. The first-order valence-electron chi connectivity index (χ1n) is 17.1. The van der Waals surface area contributed by atoms with E-state index in [1.54, 1.807) is 27.2 Å². The fourth-order valence-electron chi connectivity index (χ4n) is 8.88. The Kier molecular flexibility index (Phi) is 6.60. The van der Waals surface area contributed by atoms with Gasteiger partial charge in [-0.3, -0.25) is 9.38 Å². The number of nitrogens with zero attached hydrogens (tertiary/aromatic N) is 3. The summed E-state index contributed by atoms with van der Waals surface area (Å²) in [5.74, 6) is 0.383. The summed E-state index contributed by atoms with van der Waals surface area (Å²) < 4.78 is 0.992. The lowest BCUT2D eigenvalue weighted by molar-refractivity contribution is -0.897. The number of aromatic amines is 2. The highest BCUT2D eigenvalue weighted by Gasteiger charge is 2.47. The van der Waals surface area contributed by atoms with Crippen LogP contribution in [0.25, 0.3) is 34.2 Å². The van der Waals surface area contributed by atoms with Crippen LogP contribution in [0, 0.1) is 19.8 Å². The van der Waals surface area contributed by atoms with Crippen molar-refractivity contribution in [2.24, 2.45) is 5.92 Å². The zero-order valence-electron chi connectivity index (χ0n) is 27.4. The van der Waals surface area contributed by atoms with Crippen LogP contribution in [0.1, 0.15) is 63.0 Å². The first-order chi connectivity index (χ1) is 23.0. The first kappa shape index (κ1) is 28.4. The van der Waals surface area contributed by atoms with E-state index in [1.165, 1.54) is 33.2 Å². The van der Waals surface area contributed by atoms with Crippen molar-refractivity contribution in [1.82, 2.24) is 19.9 Å². The third-order valence-corrected chi connectivity index (χ3v) is 11.6. The number of aromatic nitrogens is 4. The molecule has 5 aromatic rings. The normalized spacial score (nSPS) is 26.5. The summed E-state index contributed by atoms with van der Waals surface area (Å²) in [6, 6.07) is 9.08. The highest BCUT2D eigenvalue weighted by atomic mass is 15.4. The second-order valence-electron chi connectivity index (χ2n) is 14.1. The number of benzene rings is 1. The van der Waals surface area contributed by atoms with Crippen molar-refractivity contribution >= 4 is 34.2 Å². The van der Waals surface area contributed by atoms with E-state index < -0.39 is 0 Å². The summed E-state index contributed by atoms with van der Waals surface area (Å²) >= 11 is 0. The lowest BCUT2D eigenvalue weighted by Gasteiger charge is -2.49. The molecule has 0 fully saturated rings. The third kappa shape index (κ3) is 4.61. The molecule has 9 rings (SSSR count). The number of hydrogen-bond donors (Lipinski definition) is 3. The Hall–Kier alpha value is -4.78.